The van der Waals surface area contributed by atoms with E-state index in [1.807, 2.05) is 6.92 Å². The summed E-state index contributed by atoms with van der Waals surface area (Å²) in [5.41, 5.74) is 1.46. The minimum absolute atomic E-state index is 0.154. The van der Waals surface area contributed by atoms with Gasteiger partial charge < -0.3 is 5.11 Å². The molecular weight excluding hydrogens is 362 g/mol. The largest absolute Gasteiger partial charge is 0.391 e. The van der Waals surface area contributed by atoms with Crippen LogP contribution in [0.5, 0.6) is 0 Å². The highest BCUT2D eigenvalue weighted by Crippen LogP contribution is 2.28. The van der Waals surface area contributed by atoms with Gasteiger partial charge in [-0.2, -0.15) is 0 Å². The molecule has 0 fully saturated rings. The van der Waals surface area contributed by atoms with Gasteiger partial charge in [0.2, 0.25) is 0 Å². The monoisotopic (exact) mass is 375 g/mol. The highest BCUT2D eigenvalue weighted by atomic mass is 79.9. The van der Waals surface area contributed by atoms with Gasteiger partial charge in [0.15, 0.2) is 0 Å². The Morgan fingerprint density at radius 3 is 2.55 bits per heavy atom. The normalized spacial score (nSPS) is 11.6. The first kappa shape index (κ1) is 15.5. The molecule has 1 aromatic carbocycles. The smallest absolute Gasteiger partial charge is 0.263 e. The van der Waals surface area contributed by atoms with E-state index >= 15 is 0 Å². The molecule has 2 aromatic rings. The van der Waals surface area contributed by atoms with E-state index in [0.717, 1.165) is 10.0 Å². The van der Waals surface area contributed by atoms with Gasteiger partial charge in [-0.15, -0.1) is 11.3 Å². The van der Waals surface area contributed by atoms with Crippen molar-refractivity contribution in [1.82, 2.24) is 0 Å². The minimum Gasteiger partial charge on any atom is -0.391 e. The number of aryl methyl sites for hydroxylation is 2. The second-order valence-electron chi connectivity index (χ2n) is 4.36. The molecule has 0 bridgehead atoms. The van der Waals surface area contributed by atoms with E-state index < -0.39 is 10.0 Å². The number of benzene rings is 1. The Labute approximate surface area is 130 Å². The number of nitrogens with one attached hydrogen (secondary N) is 1. The van der Waals surface area contributed by atoms with Gasteiger partial charge in [-0.3, -0.25) is 4.72 Å². The van der Waals surface area contributed by atoms with Crippen LogP contribution in [0, 0.1) is 13.8 Å². The van der Waals surface area contributed by atoms with Crippen molar-refractivity contribution in [3.8, 4) is 0 Å². The molecule has 4 nitrogen and oxygen atoms in total. The number of thiophene rings is 1. The molecule has 1 heterocycles. The van der Waals surface area contributed by atoms with E-state index in [9.17, 15) is 8.42 Å². The van der Waals surface area contributed by atoms with Crippen LogP contribution in [0.2, 0.25) is 0 Å². The molecule has 20 heavy (non-hydrogen) atoms. The van der Waals surface area contributed by atoms with E-state index in [1.165, 1.54) is 17.4 Å². The Bertz CT molecular complexity index is 738. The standard InChI is InChI=1S/C13H14BrNO3S2/c1-8-5-10(3-4-12(8)14)15-20(17,18)13-6-11(7-16)19-9(13)2/h3-6,15-16H,7H2,1-2H3. The number of aliphatic hydroxyl groups is 1. The van der Waals surface area contributed by atoms with Gasteiger partial charge in [0, 0.05) is 19.9 Å². The highest BCUT2D eigenvalue weighted by Gasteiger charge is 2.20. The molecule has 0 saturated carbocycles. The fourth-order valence-electron chi connectivity index (χ4n) is 1.79. The summed E-state index contributed by atoms with van der Waals surface area (Å²) in [5, 5.41) is 9.09. The second kappa shape index (κ2) is 5.85. The Morgan fingerprint density at radius 1 is 1.30 bits per heavy atom. The molecule has 0 saturated heterocycles. The van der Waals surface area contributed by atoms with Crippen LogP contribution < -0.4 is 4.72 Å². The van der Waals surface area contributed by atoms with Crippen molar-refractivity contribution in [3.63, 3.8) is 0 Å². The summed E-state index contributed by atoms with van der Waals surface area (Å²) in [6, 6.07) is 6.76. The molecule has 0 aliphatic rings. The van der Waals surface area contributed by atoms with Gasteiger partial charge in [0.1, 0.15) is 4.90 Å². The van der Waals surface area contributed by atoms with Crippen LogP contribution in [0.15, 0.2) is 33.6 Å². The van der Waals surface area contributed by atoms with Crippen LogP contribution in [-0.4, -0.2) is 13.5 Å². The zero-order valence-corrected chi connectivity index (χ0v) is 14.2. The van der Waals surface area contributed by atoms with Gasteiger partial charge >= 0.3 is 0 Å². The SMILES string of the molecule is Cc1cc(NS(=O)(=O)c2cc(CO)sc2C)ccc1Br. The first-order valence-electron chi connectivity index (χ1n) is 5.82. The summed E-state index contributed by atoms with van der Waals surface area (Å²) < 4.78 is 28.2. The summed E-state index contributed by atoms with van der Waals surface area (Å²) >= 11 is 4.66. The second-order valence-corrected chi connectivity index (χ2v) is 8.21. The lowest BCUT2D eigenvalue weighted by atomic mass is 10.2. The van der Waals surface area contributed by atoms with Crippen LogP contribution in [-0.2, 0) is 16.6 Å². The third-order valence-electron chi connectivity index (χ3n) is 2.78. The average Bonchev–Trinajstić information content (AvgIpc) is 2.76. The van der Waals surface area contributed by atoms with E-state index in [0.29, 0.717) is 15.4 Å². The summed E-state index contributed by atoms with van der Waals surface area (Å²) in [7, 11) is -3.63. The Hall–Kier alpha value is -0.890. The first-order chi connectivity index (χ1) is 9.33. The first-order valence-corrected chi connectivity index (χ1v) is 8.92. The fraction of sp³-hybridized carbons (Fsp3) is 0.231. The average molecular weight is 376 g/mol. The molecule has 2 rings (SSSR count). The quantitative estimate of drug-likeness (QED) is 0.859. The fourth-order valence-corrected chi connectivity index (χ4v) is 4.58. The molecular formula is C13H14BrNO3S2. The summed E-state index contributed by atoms with van der Waals surface area (Å²) in [6.45, 7) is 3.46. The molecule has 0 unspecified atom stereocenters. The maximum Gasteiger partial charge on any atom is 0.263 e. The Kier molecular flexibility index (Phi) is 4.53. The topological polar surface area (TPSA) is 66.4 Å². The van der Waals surface area contributed by atoms with Crippen molar-refractivity contribution in [1.29, 1.82) is 0 Å². The maximum absolute atomic E-state index is 12.4. The lowest BCUT2D eigenvalue weighted by molar-refractivity contribution is 0.285. The van der Waals surface area contributed by atoms with Crippen molar-refractivity contribution >= 4 is 43.0 Å². The van der Waals surface area contributed by atoms with Gasteiger partial charge in [0.25, 0.3) is 10.0 Å². The molecule has 108 valence electrons. The molecule has 0 radical (unpaired) electrons. The molecule has 7 heteroatoms. The van der Waals surface area contributed by atoms with E-state index in [1.54, 1.807) is 25.1 Å². The summed E-state index contributed by atoms with van der Waals surface area (Å²) in [6.07, 6.45) is 0. The third-order valence-corrected chi connectivity index (χ3v) is 6.34. The molecule has 0 aliphatic carbocycles. The molecule has 1 aromatic heterocycles. The van der Waals surface area contributed by atoms with Crippen LogP contribution in [0.3, 0.4) is 0 Å². The molecule has 0 aliphatic heterocycles. The number of sulfonamides is 1. The van der Waals surface area contributed by atoms with Gasteiger partial charge in [0.05, 0.1) is 6.61 Å². The van der Waals surface area contributed by atoms with Gasteiger partial charge in [-0.05, 0) is 43.7 Å². The van der Waals surface area contributed by atoms with Crippen molar-refractivity contribution < 1.29 is 13.5 Å². The van der Waals surface area contributed by atoms with E-state index in [4.69, 9.17) is 5.11 Å². The maximum atomic E-state index is 12.4. The summed E-state index contributed by atoms with van der Waals surface area (Å²) in [4.78, 5) is 1.51. The van der Waals surface area contributed by atoms with Crippen molar-refractivity contribution in [2.45, 2.75) is 25.3 Å². The lowest BCUT2D eigenvalue weighted by Gasteiger charge is -2.09. The van der Waals surface area contributed by atoms with E-state index in [-0.39, 0.29) is 11.5 Å². The predicted octanol–water partition coefficient (Wildman–Crippen LogP) is 3.42. The highest BCUT2D eigenvalue weighted by molar-refractivity contribution is 9.10. The lowest BCUT2D eigenvalue weighted by Crippen LogP contribution is -2.13. The third kappa shape index (κ3) is 3.22. The van der Waals surface area contributed by atoms with Gasteiger partial charge in [-0.1, -0.05) is 15.9 Å². The number of rotatable bonds is 4. The van der Waals surface area contributed by atoms with Crippen LogP contribution in [0.25, 0.3) is 0 Å². The van der Waals surface area contributed by atoms with Crippen LogP contribution in [0.1, 0.15) is 15.3 Å². The number of halogens is 1. The van der Waals surface area contributed by atoms with E-state index in [2.05, 4.69) is 20.7 Å². The molecule has 0 spiro atoms. The number of hydrogen-bond donors (Lipinski definition) is 2. The number of aliphatic hydroxyl groups excluding tert-OH is 1. The minimum atomic E-state index is -3.63. The number of hydrogen-bond acceptors (Lipinski definition) is 4. The van der Waals surface area contributed by atoms with Crippen molar-refractivity contribution in [3.05, 3.63) is 44.1 Å². The Morgan fingerprint density at radius 2 is 2.00 bits per heavy atom. The molecule has 0 amide bonds. The zero-order valence-electron chi connectivity index (χ0n) is 11.0. The van der Waals surface area contributed by atoms with Crippen molar-refractivity contribution in [2.24, 2.45) is 0 Å². The van der Waals surface area contributed by atoms with Crippen molar-refractivity contribution in [2.75, 3.05) is 4.72 Å². The number of anilines is 1. The zero-order chi connectivity index (χ0) is 14.9. The molecule has 2 N–H and O–H groups in total. The summed E-state index contributed by atoms with van der Waals surface area (Å²) in [5.74, 6) is 0. The van der Waals surface area contributed by atoms with Gasteiger partial charge in [-0.25, -0.2) is 8.42 Å². The van der Waals surface area contributed by atoms with Crippen LogP contribution >= 0.6 is 27.3 Å². The molecule has 0 atom stereocenters. The van der Waals surface area contributed by atoms with Crippen LogP contribution in [0.4, 0.5) is 5.69 Å². The Balaban J connectivity index is 2.35. The predicted molar refractivity (Wildman–Crippen MR) is 84.7 cm³/mol.